The highest BCUT2D eigenvalue weighted by Gasteiger charge is 2.12. The molecule has 0 saturated heterocycles. The van der Waals surface area contributed by atoms with Crippen LogP contribution in [0.15, 0.2) is 24.3 Å². The van der Waals surface area contributed by atoms with Crippen LogP contribution >= 0.6 is 11.3 Å². The molecule has 1 N–H and O–H groups in total. The van der Waals surface area contributed by atoms with Gasteiger partial charge in [0.05, 0.1) is 5.52 Å². The van der Waals surface area contributed by atoms with E-state index in [1.54, 1.807) is 11.3 Å². The minimum atomic E-state index is 0.351. The summed E-state index contributed by atoms with van der Waals surface area (Å²) in [6, 6.07) is 8.75. The first-order chi connectivity index (χ1) is 10.0. The van der Waals surface area contributed by atoms with Gasteiger partial charge in [0.1, 0.15) is 5.01 Å². The van der Waals surface area contributed by atoms with E-state index in [2.05, 4.69) is 65.5 Å². The number of anilines is 1. The lowest BCUT2D eigenvalue weighted by Crippen LogP contribution is -2.08. The van der Waals surface area contributed by atoms with Gasteiger partial charge in [0.2, 0.25) is 5.13 Å². The molecule has 4 nitrogen and oxygen atoms in total. The van der Waals surface area contributed by atoms with Gasteiger partial charge in [0.25, 0.3) is 0 Å². The minimum absolute atomic E-state index is 0.351. The minimum Gasteiger partial charge on any atom is -0.358 e. The summed E-state index contributed by atoms with van der Waals surface area (Å²) in [6.07, 6.45) is 0. The number of rotatable bonds is 3. The SMILES string of the molecule is Cc1ccc2nc(C)cc(-c3nnc(NC(C)C)s3)c2c1. The van der Waals surface area contributed by atoms with E-state index in [-0.39, 0.29) is 0 Å². The van der Waals surface area contributed by atoms with Gasteiger partial charge in [-0.1, -0.05) is 23.0 Å². The van der Waals surface area contributed by atoms with Crippen molar-refractivity contribution < 1.29 is 0 Å². The molecule has 108 valence electrons. The molecule has 21 heavy (non-hydrogen) atoms. The first-order valence-corrected chi connectivity index (χ1v) is 7.83. The molecule has 0 aliphatic heterocycles. The first-order valence-electron chi connectivity index (χ1n) is 7.01. The third-order valence-corrected chi connectivity index (χ3v) is 4.05. The van der Waals surface area contributed by atoms with Crippen molar-refractivity contribution in [3.05, 3.63) is 35.5 Å². The fourth-order valence-corrected chi connectivity index (χ4v) is 3.21. The Labute approximate surface area is 128 Å². The van der Waals surface area contributed by atoms with Gasteiger partial charge in [0.15, 0.2) is 0 Å². The van der Waals surface area contributed by atoms with Crippen LogP contribution in [0.2, 0.25) is 0 Å². The Hall–Kier alpha value is -2.01. The molecule has 3 rings (SSSR count). The molecular weight excluding hydrogens is 280 g/mol. The Morgan fingerprint density at radius 3 is 2.67 bits per heavy atom. The van der Waals surface area contributed by atoms with Crippen LogP contribution in [0.3, 0.4) is 0 Å². The third kappa shape index (κ3) is 2.88. The van der Waals surface area contributed by atoms with E-state index in [9.17, 15) is 0 Å². The molecule has 2 heterocycles. The number of nitrogens with zero attached hydrogens (tertiary/aromatic N) is 3. The predicted octanol–water partition coefficient (Wildman–Crippen LogP) is 4.19. The summed E-state index contributed by atoms with van der Waals surface area (Å²) in [5.74, 6) is 0. The maximum absolute atomic E-state index is 4.60. The average molecular weight is 298 g/mol. The smallest absolute Gasteiger partial charge is 0.206 e. The number of fused-ring (bicyclic) bond motifs is 1. The lowest BCUT2D eigenvalue weighted by molar-refractivity contribution is 0.888. The molecule has 0 aliphatic rings. The van der Waals surface area contributed by atoms with Crippen molar-refractivity contribution in [2.24, 2.45) is 0 Å². The van der Waals surface area contributed by atoms with Gasteiger partial charge < -0.3 is 5.32 Å². The second-order valence-electron chi connectivity index (χ2n) is 5.54. The molecule has 0 unspecified atom stereocenters. The summed E-state index contributed by atoms with van der Waals surface area (Å²) in [5.41, 5.74) is 4.33. The van der Waals surface area contributed by atoms with Crippen molar-refractivity contribution in [1.29, 1.82) is 0 Å². The predicted molar refractivity (Wildman–Crippen MR) is 88.9 cm³/mol. The quantitative estimate of drug-likeness (QED) is 0.787. The first kappa shape index (κ1) is 13.9. The molecule has 0 radical (unpaired) electrons. The van der Waals surface area contributed by atoms with Crippen LogP contribution in [0.4, 0.5) is 5.13 Å². The van der Waals surface area contributed by atoms with Crippen molar-refractivity contribution in [2.75, 3.05) is 5.32 Å². The Bertz CT molecular complexity index is 792. The maximum atomic E-state index is 4.60. The van der Waals surface area contributed by atoms with E-state index in [4.69, 9.17) is 0 Å². The van der Waals surface area contributed by atoms with E-state index in [0.29, 0.717) is 6.04 Å². The molecule has 0 amide bonds. The number of nitrogens with one attached hydrogen (secondary N) is 1. The summed E-state index contributed by atoms with van der Waals surface area (Å²) in [6.45, 7) is 8.29. The lowest BCUT2D eigenvalue weighted by Gasteiger charge is -2.06. The van der Waals surface area contributed by atoms with Crippen LogP contribution in [0.25, 0.3) is 21.5 Å². The molecule has 0 fully saturated rings. The lowest BCUT2D eigenvalue weighted by atomic mass is 10.1. The number of hydrogen-bond acceptors (Lipinski definition) is 5. The summed E-state index contributed by atoms with van der Waals surface area (Å²) in [5, 5.41) is 14.8. The summed E-state index contributed by atoms with van der Waals surface area (Å²) in [7, 11) is 0. The zero-order valence-electron chi connectivity index (χ0n) is 12.6. The van der Waals surface area contributed by atoms with Crippen LogP contribution in [-0.2, 0) is 0 Å². The summed E-state index contributed by atoms with van der Waals surface area (Å²) in [4.78, 5) is 4.60. The topological polar surface area (TPSA) is 50.7 Å². The molecule has 0 aliphatic carbocycles. The van der Waals surface area contributed by atoms with E-state index in [1.165, 1.54) is 5.56 Å². The Morgan fingerprint density at radius 1 is 1.10 bits per heavy atom. The highest BCUT2D eigenvalue weighted by Crippen LogP contribution is 2.32. The number of pyridine rings is 1. The van der Waals surface area contributed by atoms with E-state index in [1.807, 2.05) is 6.92 Å². The Kier molecular flexibility index (Phi) is 3.59. The van der Waals surface area contributed by atoms with Crippen LogP contribution in [0.1, 0.15) is 25.1 Å². The second-order valence-corrected chi connectivity index (χ2v) is 6.52. The van der Waals surface area contributed by atoms with Crippen LogP contribution in [0, 0.1) is 13.8 Å². The molecule has 2 aromatic heterocycles. The number of aromatic nitrogens is 3. The standard InChI is InChI=1S/C16H18N4S/c1-9(2)17-16-20-19-15(21-16)13-8-11(4)18-14-6-5-10(3)7-12(13)14/h5-9H,1-4H3,(H,17,20). The number of aryl methyl sites for hydroxylation is 2. The van der Waals surface area contributed by atoms with Gasteiger partial charge in [-0.15, -0.1) is 10.2 Å². The number of hydrogen-bond donors (Lipinski definition) is 1. The molecule has 1 aromatic carbocycles. The van der Waals surface area contributed by atoms with Crippen LogP contribution < -0.4 is 5.32 Å². The number of benzene rings is 1. The zero-order valence-corrected chi connectivity index (χ0v) is 13.5. The Balaban J connectivity index is 2.14. The van der Waals surface area contributed by atoms with Crippen molar-refractivity contribution in [3.8, 4) is 10.6 Å². The van der Waals surface area contributed by atoms with E-state index in [0.717, 1.165) is 32.3 Å². The fraction of sp³-hybridized carbons (Fsp3) is 0.312. The molecule has 0 bridgehead atoms. The molecule has 0 saturated carbocycles. The second kappa shape index (κ2) is 5.41. The van der Waals surface area contributed by atoms with Crippen molar-refractivity contribution in [2.45, 2.75) is 33.7 Å². The largest absolute Gasteiger partial charge is 0.358 e. The van der Waals surface area contributed by atoms with Gasteiger partial charge in [-0.05, 0) is 45.9 Å². The molecule has 0 atom stereocenters. The van der Waals surface area contributed by atoms with E-state index >= 15 is 0 Å². The monoisotopic (exact) mass is 298 g/mol. The van der Waals surface area contributed by atoms with Crippen molar-refractivity contribution in [3.63, 3.8) is 0 Å². The highest BCUT2D eigenvalue weighted by atomic mass is 32.1. The van der Waals surface area contributed by atoms with Gasteiger partial charge in [-0.3, -0.25) is 4.98 Å². The van der Waals surface area contributed by atoms with Crippen molar-refractivity contribution in [1.82, 2.24) is 15.2 Å². The molecule has 3 aromatic rings. The average Bonchev–Trinajstić information content (AvgIpc) is 2.86. The van der Waals surface area contributed by atoms with Crippen molar-refractivity contribution >= 4 is 27.4 Å². The maximum Gasteiger partial charge on any atom is 0.206 e. The highest BCUT2D eigenvalue weighted by molar-refractivity contribution is 7.18. The fourth-order valence-electron chi connectivity index (χ4n) is 2.29. The molecular formula is C16H18N4S. The molecule has 0 spiro atoms. The van der Waals surface area contributed by atoms with Crippen LogP contribution in [-0.4, -0.2) is 21.2 Å². The summed E-state index contributed by atoms with van der Waals surface area (Å²) >= 11 is 1.58. The van der Waals surface area contributed by atoms with Gasteiger partial charge in [-0.25, -0.2) is 0 Å². The molecule has 5 heteroatoms. The Morgan fingerprint density at radius 2 is 1.90 bits per heavy atom. The zero-order chi connectivity index (χ0) is 15.0. The summed E-state index contributed by atoms with van der Waals surface area (Å²) < 4.78 is 0. The third-order valence-electron chi connectivity index (χ3n) is 3.16. The normalized spacial score (nSPS) is 11.3. The van der Waals surface area contributed by atoms with Crippen LogP contribution in [0.5, 0.6) is 0 Å². The van der Waals surface area contributed by atoms with Gasteiger partial charge in [-0.2, -0.15) is 0 Å². The van der Waals surface area contributed by atoms with Gasteiger partial charge in [0, 0.05) is 22.7 Å². The van der Waals surface area contributed by atoms with Gasteiger partial charge >= 0.3 is 0 Å². The van der Waals surface area contributed by atoms with E-state index < -0.39 is 0 Å².